The molecule has 0 unspecified atom stereocenters. The summed E-state index contributed by atoms with van der Waals surface area (Å²) in [5.41, 5.74) is 2.76. The van der Waals surface area contributed by atoms with E-state index in [1.165, 1.54) is 18.4 Å². The first-order valence-corrected chi connectivity index (χ1v) is 12.3. The summed E-state index contributed by atoms with van der Waals surface area (Å²) in [5, 5.41) is 18.2. The molecule has 0 atom stereocenters. The van der Waals surface area contributed by atoms with Crippen LogP contribution in [0.15, 0.2) is 54.6 Å². The molecular weight excluding hydrogens is 464 g/mol. The quantitative estimate of drug-likeness (QED) is 0.436. The highest BCUT2D eigenvalue weighted by Crippen LogP contribution is 2.32. The van der Waals surface area contributed by atoms with Crippen LogP contribution in [0.4, 0.5) is 5.69 Å². The van der Waals surface area contributed by atoms with Crippen molar-refractivity contribution in [2.75, 3.05) is 25.5 Å². The van der Waals surface area contributed by atoms with Crippen LogP contribution in [0.1, 0.15) is 38.6 Å². The average molecular weight is 491 g/mol. The van der Waals surface area contributed by atoms with Gasteiger partial charge in [-0.05, 0) is 50.1 Å². The summed E-state index contributed by atoms with van der Waals surface area (Å²) < 4.78 is 7.32. The summed E-state index contributed by atoms with van der Waals surface area (Å²) in [7, 11) is 1.50. The lowest BCUT2D eigenvalue weighted by molar-refractivity contribution is 0.0544. The van der Waals surface area contributed by atoms with Crippen LogP contribution in [-0.4, -0.2) is 57.9 Å². The van der Waals surface area contributed by atoms with Gasteiger partial charge in [0.05, 0.1) is 35.0 Å². The highest BCUT2D eigenvalue weighted by molar-refractivity contribution is 7.20. The Labute approximate surface area is 206 Å². The Morgan fingerprint density at radius 3 is 2.57 bits per heavy atom. The minimum atomic E-state index is -0.355. The van der Waals surface area contributed by atoms with Gasteiger partial charge < -0.3 is 20.1 Å². The maximum atomic E-state index is 13.1. The number of aliphatic hydroxyl groups excluding tert-OH is 1. The Morgan fingerprint density at radius 2 is 1.86 bits per heavy atom. The molecule has 1 aliphatic heterocycles. The van der Waals surface area contributed by atoms with Crippen LogP contribution in [0.3, 0.4) is 0 Å². The van der Waals surface area contributed by atoms with Crippen LogP contribution in [-0.2, 0) is 0 Å². The molecule has 2 N–H and O–H groups in total. The molecule has 180 valence electrons. The smallest absolute Gasteiger partial charge is 0.265 e. The maximum absolute atomic E-state index is 13.1. The van der Waals surface area contributed by atoms with Crippen molar-refractivity contribution in [2.45, 2.75) is 25.9 Å². The fourth-order valence-corrected chi connectivity index (χ4v) is 5.36. The molecule has 0 aliphatic carbocycles. The van der Waals surface area contributed by atoms with Crippen molar-refractivity contribution in [1.82, 2.24) is 14.7 Å². The number of benzene rings is 2. The fraction of sp³-hybridized carbons (Fsp3) is 0.269. The lowest BCUT2D eigenvalue weighted by atomic mass is 10.1. The van der Waals surface area contributed by atoms with Gasteiger partial charge in [-0.2, -0.15) is 5.10 Å². The summed E-state index contributed by atoms with van der Waals surface area (Å²) in [6.07, 6.45) is 0.782. The van der Waals surface area contributed by atoms with E-state index in [0.29, 0.717) is 47.8 Å². The molecule has 0 bridgehead atoms. The third-order valence-corrected chi connectivity index (χ3v) is 7.32. The van der Waals surface area contributed by atoms with Crippen LogP contribution in [0.2, 0.25) is 0 Å². The SMILES string of the molecule is COc1cc(NC(=O)c2cc3c(C)nn(-c4ccccc4)c3s2)ccc1C(=O)N1CCC(O)CC1. The third kappa shape index (κ3) is 4.52. The van der Waals surface area contributed by atoms with Crippen LogP contribution < -0.4 is 10.1 Å². The molecule has 9 heteroatoms. The monoisotopic (exact) mass is 490 g/mol. The van der Waals surface area contributed by atoms with Crippen molar-refractivity contribution in [3.05, 3.63) is 70.7 Å². The molecule has 1 saturated heterocycles. The van der Waals surface area contributed by atoms with Crippen molar-refractivity contribution in [3.63, 3.8) is 0 Å². The summed E-state index contributed by atoms with van der Waals surface area (Å²) in [6, 6.07) is 16.7. The summed E-state index contributed by atoms with van der Waals surface area (Å²) >= 11 is 1.38. The van der Waals surface area contributed by atoms with E-state index in [4.69, 9.17) is 4.74 Å². The minimum absolute atomic E-state index is 0.142. The van der Waals surface area contributed by atoms with E-state index >= 15 is 0 Å². The largest absolute Gasteiger partial charge is 0.496 e. The highest BCUT2D eigenvalue weighted by Gasteiger charge is 2.25. The standard InChI is InChI=1S/C26H26N4O4S/c1-16-21-15-23(35-26(21)30(28-16)18-6-4-3-5-7-18)24(32)27-17-8-9-20(22(14-17)34-2)25(33)29-12-10-19(31)11-13-29/h3-9,14-15,19,31H,10-13H2,1-2H3,(H,27,32). The summed E-state index contributed by atoms with van der Waals surface area (Å²) in [4.78, 5) is 29.2. The van der Waals surface area contributed by atoms with Gasteiger partial charge in [0.15, 0.2) is 0 Å². The number of anilines is 1. The maximum Gasteiger partial charge on any atom is 0.265 e. The van der Waals surface area contributed by atoms with E-state index in [1.54, 1.807) is 23.1 Å². The highest BCUT2D eigenvalue weighted by atomic mass is 32.1. The van der Waals surface area contributed by atoms with Crippen molar-refractivity contribution in [2.24, 2.45) is 0 Å². The molecule has 4 aromatic rings. The number of piperidine rings is 1. The predicted molar refractivity (Wildman–Crippen MR) is 136 cm³/mol. The topological polar surface area (TPSA) is 96.7 Å². The van der Waals surface area contributed by atoms with Gasteiger partial charge in [-0.25, -0.2) is 4.68 Å². The third-order valence-electron chi connectivity index (χ3n) is 6.21. The molecule has 5 rings (SSSR count). The van der Waals surface area contributed by atoms with Gasteiger partial charge >= 0.3 is 0 Å². The molecule has 1 aliphatic rings. The first kappa shape index (κ1) is 23.1. The fourth-order valence-electron chi connectivity index (χ4n) is 4.28. The number of likely N-dealkylation sites (tertiary alicyclic amines) is 1. The molecule has 2 amide bonds. The number of fused-ring (bicyclic) bond motifs is 1. The van der Waals surface area contributed by atoms with E-state index in [2.05, 4.69) is 10.4 Å². The zero-order chi connectivity index (χ0) is 24.5. The molecule has 2 aromatic heterocycles. The number of methoxy groups -OCH3 is 1. The number of amides is 2. The molecule has 35 heavy (non-hydrogen) atoms. The van der Waals surface area contributed by atoms with Gasteiger partial charge in [0, 0.05) is 30.2 Å². The molecule has 1 fully saturated rings. The Bertz CT molecular complexity index is 1390. The lowest BCUT2D eigenvalue weighted by Crippen LogP contribution is -2.40. The van der Waals surface area contributed by atoms with Gasteiger partial charge in [-0.1, -0.05) is 18.2 Å². The number of ether oxygens (including phenoxy) is 1. The summed E-state index contributed by atoms with van der Waals surface area (Å²) in [5.74, 6) is 0.0132. The van der Waals surface area contributed by atoms with Crippen LogP contribution in [0, 0.1) is 6.92 Å². The Balaban J connectivity index is 1.36. The van der Waals surface area contributed by atoms with Gasteiger partial charge in [-0.15, -0.1) is 11.3 Å². The van der Waals surface area contributed by atoms with Crippen molar-refractivity contribution in [3.8, 4) is 11.4 Å². The van der Waals surface area contributed by atoms with Gasteiger partial charge in [0.2, 0.25) is 0 Å². The number of rotatable bonds is 5. The van der Waals surface area contributed by atoms with E-state index in [1.807, 2.05) is 48.0 Å². The van der Waals surface area contributed by atoms with E-state index in [-0.39, 0.29) is 17.9 Å². The van der Waals surface area contributed by atoms with E-state index in [9.17, 15) is 14.7 Å². The van der Waals surface area contributed by atoms with Crippen LogP contribution >= 0.6 is 11.3 Å². The van der Waals surface area contributed by atoms with Crippen molar-refractivity contribution < 1.29 is 19.4 Å². The molecule has 0 spiro atoms. The minimum Gasteiger partial charge on any atom is -0.496 e. The van der Waals surface area contributed by atoms with Gasteiger partial charge in [0.1, 0.15) is 10.6 Å². The zero-order valence-corrected chi connectivity index (χ0v) is 20.3. The van der Waals surface area contributed by atoms with Crippen LogP contribution in [0.25, 0.3) is 15.9 Å². The van der Waals surface area contributed by atoms with Crippen molar-refractivity contribution in [1.29, 1.82) is 0 Å². The van der Waals surface area contributed by atoms with Crippen LogP contribution in [0.5, 0.6) is 5.75 Å². The predicted octanol–water partition coefficient (Wildman–Crippen LogP) is 4.25. The number of aliphatic hydroxyl groups is 1. The number of para-hydroxylation sites is 1. The van der Waals surface area contributed by atoms with Gasteiger partial charge in [-0.3, -0.25) is 9.59 Å². The number of nitrogens with zero attached hydrogens (tertiary/aromatic N) is 3. The molecule has 0 radical (unpaired) electrons. The molecule has 8 nitrogen and oxygen atoms in total. The molecule has 2 aromatic carbocycles. The second kappa shape index (κ2) is 9.52. The molecule has 3 heterocycles. The number of aromatic nitrogens is 2. The Kier molecular flexibility index (Phi) is 6.27. The van der Waals surface area contributed by atoms with E-state index < -0.39 is 0 Å². The Morgan fingerprint density at radius 1 is 1.11 bits per heavy atom. The number of thiophene rings is 1. The summed E-state index contributed by atoms with van der Waals surface area (Å²) in [6.45, 7) is 2.95. The first-order valence-electron chi connectivity index (χ1n) is 11.5. The molecule has 0 saturated carbocycles. The number of carbonyl (C=O) groups excluding carboxylic acids is 2. The normalized spacial score (nSPS) is 14.3. The number of hydrogen-bond acceptors (Lipinski definition) is 6. The van der Waals surface area contributed by atoms with E-state index in [0.717, 1.165) is 21.6 Å². The second-order valence-electron chi connectivity index (χ2n) is 8.55. The number of nitrogens with one attached hydrogen (secondary N) is 1. The number of aryl methyl sites for hydroxylation is 1. The van der Waals surface area contributed by atoms with Crippen molar-refractivity contribution >= 4 is 39.1 Å². The zero-order valence-electron chi connectivity index (χ0n) is 19.5. The van der Waals surface area contributed by atoms with Gasteiger partial charge in [0.25, 0.3) is 11.8 Å². The first-order chi connectivity index (χ1) is 16.9. The average Bonchev–Trinajstić information content (AvgIpc) is 3.45. The molecular formula is C26H26N4O4S. The lowest BCUT2D eigenvalue weighted by Gasteiger charge is -2.30. The second-order valence-corrected chi connectivity index (χ2v) is 9.59. The number of hydrogen-bond donors (Lipinski definition) is 2. The Hall–Kier alpha value is -3.69. The number of carbonyl (C=O) groups is 2.